The summed E-state index contributed by atoms with van der Waals surface area (Å²) in [5.74, 6) is 0. The predicted molar refractivity (Wildman–Crippen MR) is 37.3 cm³/mol. The van der Waals surface area contributed by atoms with Crippen molar-refractivity contribution in [2.45, 2.75) is 19.6 Å². The first-order valence-corrected chi connectivity index (χ1v) is 6.38. The van der Waals surface area contributed by atoms with Gasteiger partial charge in [0.15, 0.2) is 19.9 Å². The van der Waals surface area contributed by atoms with Gasteiger partial charge in [-0.2, -0.15) is 0 Å². The van der Waals surface area contributed by atoms with Gasteiger partial charge < -0.3 is 4.52 Å². The van der Waals surface area contributed by atoms with Gasteiger partial charge in [-0.3, -0.25) is 0 Å². The molecule has 9 heavy (non-hydrogen) atoms. The van der Waals surface area contributed by atoms with Crippen molar-refractivity contribution in [3.8, 4) is 0 Å². The lowest BCUT2D eigenvalue weighted by molar-refractivity contribution is 0.442. The van der Waals surface area contributed by atoms with Crippen LogP contribution in [0.5, 0.6) is 0 Å². The summed E-state index contributed by atoms with van der Waals surface area (Å²) in [6.07, 6.45) is 1.45. The van der Waals surface area contributed by atoms with Gasteiger partial charge in [-0.15, -0.1) is 0 Å². The molecule has 1 aromatic rings. The molecule has 0 fully saturated rings. The Morgan fingerprint density at radius 1 is 1.44 bits per heavy atom. The summed E-state index contributed by atoms with van der Waals surface area (Å²) in [5.41, 5.74) is 0.822. The molecule has 3 nitrogen and oxygen atoms in total. The average Bonchev–Trinajstić information content (AvgIpc) is 2.08. The van der Waals surface area contributed by atoms with Gasteiger partial charge in [0.2, 0.25) is 0 Å². The normalized spacial score (nSPS) is 11.9. The minimum absolute atomic E-state index is 0.822. The summed E-state index contributed by atoms with van der Waals surface area (Å²) in [6, 6.07) is 0. The fourth-order valence-electron chi connectivity index (χ4n) is 0.504. The molecule has 50 valence electrons. The Morgan fingerprint density at radius 3 is 2.33 bits per heavy atom. The molecule has 1 rings (SSSR count). The number of nitrogens with zero attached hydrogens (tertiary/aromatic N) is 2. The average molecular weight is 142 g/mol. The molecule has 0 aliphatic heterocycles. The smallest absolute Gasteiger partial charge is 0.197 e. The number of aromatic nitrogens is 2. The van der Waals surface area contributed by atoms with Crippen LogP contribution < -0.4 is 5.51 Å². The van der Waals surface area contributed by atoms with Gasteiger partial charge in [-0.1, -0.05) is 24.8 Å². The van der Waals surface area contributed by atoms with Crippen LogP contribution in [0.4, 0.5) is 0 Å². The Labute approximate surface area is 55.1 Å². The highest BCUT2D eigenvalue weighted by Gasteiger charge is 2.22. The maximum absolute atomic E-state index is 4.90. The van der Waals surface area contributed by atoms with Gasteiger partial charge in [0, 0.05) is 0 Å². The van der Waals surface area contributed by atoms with E-state index in [1.54, 1.807) is 0 Å². The van der Waals surface area contributed by atoms with Crippen molar-refractivity contribution in [2.75, 3.05) is 0 Å². The van der Waals surface area contributed by atoms with Crippen LogP contribution in [0.2, 0.25) is 19.6 Å². The molecule has 0 radical (unpaired) electrons. The molecule has 0 aromatic carbocycles. The SMILES string of the molecule is C[Si](C)(C)c1ncno1. The molecule has 0 saturated carbocycles. The highest BCUT2D eigenvalue weighted by Crippen LogP contribution is 1.97. The number of rotatable bonds is 1. The van der Waals surface area contributed by atoms with Crippen molar-refractivity contribution in [2.24, 2.45) is 0 Å². The summed E-state index contributed by atoms with van der Waals surface area (Å²) in [6.45, 7) is 6.50. The van der Waals surface area contributed by atoms with E-state index in [-0.39, 0.29) is 0 Å². The summed E-state index contributed by atoms with van der Waals surface area (Å²) in [7, 11) is -1.32. The van der Waals surface area contributed by atoms with Crippen LogP contribution in [0.25, 0.3) is 0 Å². The molecule has 0 aliphatic rings. The van der Waals surface area contributed by atoms with E-state index in [0.717, 1.165) is 5.51 Å². The molecule has 0 atom stereocenters. The third-order valence-electron chi connectivity index (χ3n) is 1.00. The molecule has 0 spiro atoms. The fraction of sp³-hybridized carbons (Fsp3) is 0.600. The van der Waals surface area contributed by atoms with Crippen LogP contribution in [0, 0.1) is 0 Å². The van der Waals surface area contributed by atoms with E-state index in [1.165, 1.54) is 6.33 Å². The number of hydrogen-bond acceptors (Lipinski definition) is 3. The first-order valence-electron chi connectivity index (χ1n) is 2.88. The van der Waals surface area contributed by atoms with E-state index in [4.69, 9.17) is 4.52 Å². The molecule has 1 aromatic heterocycles. The minimum Gasteiger partial charge on any atom is -0.346 e. The lowest BCUT2D eigenvalue weighted by Crippen LogP contribution is -2.38. The lowest BCUT2D eigenvalue weighted by atomic mass is 11.3. The Hall–Kier alpha value is -0.643. The molecule has 0 amide bonds. The van der Waals surface area contributed by atoms with E-state index in [2.05, 4.69) is 29.8 Å². The molecule has 0 aliphatic carbocycles. The van der Waals surface area contributed by atoms with Gasteiger partial charge in [-0.05, 0) is 0 Å². The maximum Gasteiger partial charge on any atom is 0.197 e. The van der Waals surface area contributed by atoms with Gasteiger partial charge in [-0.25, -0.2) is 4.98 Å². The van der Waals surface area contributed by atoms with Crippen molar-refractivity contribution >= 4 is 13.6 Å². The summed E-state index contributed by atoms with van der Waals surface area (Å²) in [4.78, 5) is 3.97. The molecule has 0 N–H and O–H groups in total. The highest BCUT2D eigenvalue weighted by molar-refractivity contribution is 6.87. The fourth-order valence-corrected chi connectivity index (χ4v) is 1.28. The molecule has 0 unspecified atom stereocenters. The van der Waals surface area contributed by atoms with Gasteiger partial charge in [0.25, 0.3) is 0 Å². The van der Waals surface area contributed by atoms with E-state index in [9.17, 15) is 0 Å². The zero-order valence-corrected chi connectivity index (χ0v) is 6.88. The van der Waals surface area contributed by atoms with Gasteiger partial charge in [0.05, 0.1) is 0 Å². The topological polar surface area (TPSA) is 38.9 Å². The summed E-state index contributed by atoms with van der Waals surface area (Å²) < 4.78 is 4.90. The number of hydrogen-bond donors (Lipinski definition) is 0. The monoisotopic (exact) mass is 142 g/mol. The predicted octanol–water partition coefficient (Wildman–Crippen LogP) is 0.615. The highest BCUT2D eigenvalue weighted by atomic mass is 28.3. The Kier molecular flexibility index (Phi) is 1.40. The second-order valence-electron chi connectivity index (χ2n) is 3.00. The van der Waals surface area contributed by atoms with Crippen molar-refractivity contribution in [1.82, 2.24) is 10.1 Å². The van der Waals surface area contributed by atoms with E-state index in [0.29, 0.717) is 0 Å². The summed E-state index contributed by atoms with van der Waals surface area (Å²) in [5, 5.41) is 3.54. The molecular weight excluding hydrogens is 132 g/mol. The van der Waals surface area contributed by atoms with Crippen LogP contribution in [-0.4, -0.2) is 18.2 Å². The van der Waals surface area contributed by atoms with Crippen molar-refractivity contribution < 1.29 is 4.52 Å². The Morgan fingerprint density at radius 2 is 2.11 bits per heavy atom. The first kappa shape index (κ1) is 6.48. The van der Waals surface area contributed by atoms with Crippen LogP contribution >= 0.6 is 0 Å². The molecule has 0 bridgehead atoms. The van der Waals surface area contributed by atoms with Crippen LogP contribution in [0.1, 0.15) is 0 Å². The van der Waals surface area contributed by atoms with Crippen LogP contribution in [0.15, 0.2) is 10.9 Å². The standard InChI is InChI=1S/C5H10N2OSi/c1-9(2,3)5-6-4-7-8-5/h4H,1-3H3. The van der Waals surface area contributed by atoms with E-state index >= 15 is 0 Å². The second-order valence-corrected chi connectivity index (χ2v) is 7.92. The third kappa shape index (κ3) is 1.38. The third-order valence-corrected chi connectivity index (χ3v) is 2.51. The maximum atomic E-state index is 4.90. The van der Waals surface area contributed by atoms with E-state index in [1.807, 2.05) is 0 Å². The molecule has 1 heterocycles. The summed E-state index contributed by atoms with van der Waals surface area (Å²) >= 11 is 0. The van der Waals surface area contributed by atoms with Crippen molar-refractivity contribution in [3.63, 3.8) is 0 Å². The molecule has 0 saturated heterocycles. The lowest BCUT2D eigenvalue weighted by Gasteiger charge is -2.06. The van der Waals surface area contributed by atoms with Gasteiger partial charge in [0.1, 0.15) is 0 Å². The Balaban J connectivity index is 2.90. The van der Waals surface area contributed by atoms with Crippen LogP contribution in [0.3, 0.4) is 0 Å². The van der Waals surface area contributed by atoms with Gasteiger partial charge >= 0.3 is 0 Å². The van der Waals surface area contributed by atoms with E-state index < -0.39 is 8.07 Å². The molecular formula is C5H10N2OSi. The minimum atomic E-state index is -1.32. The first-order chi connectivity index (χ1) is 4.11. The zero-order chi connectivity index (χ0) is 6.91. The Bertz CT molecular complexity index is 177. The molecule has 4 heteroatoms. The zero-order valence-electron chi connectivity index (χ0n) is 5.88. The quantitative estimate of drug-likeness (QED) is 0.539. The second kappa shape index (κ2) is 1.95. The largest absolute Gasteiger partial charge is 0.346 e. The van der Waals surface area contributed by atoms with Crippen molar-refractivity contribution in [3.05, 3.63) is 6.33 Å². The van der Waals surface area contributed by atoms with Crippen LogP contribution in [-0.2, 0) is 0 Å². The van der Waals surface area contributed by atoms with Crippen molar-refractivity contribution in [1.29, 1.82) is 0 Å².